The van der Waals surface area contributed by atoms with Crippen LogP contribution in [-0.4, -0.2) is 30.3 Å². The standard InChI is InChI=1S/C30H24N4O3/c35-16-22-4-1-19-13-25(7-10-28(19)31-22)34(26-8-11-29-20(14-26)2-5-23(17-36)32-29)27-9-12-30-21(15-27)3-6-24(18-37)33-30/h1-15,35-37H,16-18H2. The molecule has 3 N–H and O–H groups in total. The van der Waals surface area contributed by atoms with Crippen molar-refractivity contribution in [2.24, 2.45) is 0 Å². The fourth-order valence-electron chi connectivity index (χ4n) is 4.59. The fourth-order valence-corrected chi connectivity index (χ4v) is 4.59. The van der Waals surface area contributed by atoms with Crippen molar-refractivity contribution >= 4 is 49.8 Å². The topological polar surface area (TPSA) is 103 Å². The zero-order valence-corrected chi connectivity index (χ0v) is 19.9. The molecule has 6 rings (SSSR count). The van der Waals surface area contributed by atoms with Crippen molar-refractivity contribution < 1.29 is 15.3 Å². The molecule has 0 unspecified atom stereocenters. The zero-order chi connectivity index (χ0) is 25.4. The van der Waals surface area contributed by atoms with E-state index < -0.39 is 0 Å². The van der Waals surface area contributed by atoms with Gasteiger partial charge in [-0.15, -0.1) is 0 Å². The lowest BCUT2D eigenvalue weighted by Crippen LogP contribution is -2.10. The Morgan fingerprint density at radius 2 is 0.757 bits per heavy atom. The smallest absolute Gasteiger partial charge is 0.0853 e. The lowest BCUT2D eigenvalue weighted by atomic mass is 10.1. The number of aliphatic hydroxyl groups excluding tert-OH is 3. The summed E-state index contributed by atoms with van der Waals surface area (Å²) in [6, 6.07) is 29.6. The highest BCUT2D eigenvalue weighted by molar-refractivity contribution is 5.93. The molecule has 0 fully saturated rings. The molecular weight excluding hydrogens is 464 g/mol. The Bertz CT molecular complexity index is 1560. The monoisotopic (exact) mass is 488 g/mol. The highest BCUT2D eigenvalue weighted by Crippen LogP contribution is 2.38. The lowest BCUT2D eigenvalue weighted by Gasteiger charge is -2.26. The molecule has 0 atom stereocenters. The predicted octanol–water partition coefficient (Wildman–Crippen LogP) is 5.28. The zero-order valence-electron chi connectivity index (χ0n) is 19.9. The normalized spacial score (nSPS) is 11.4. The van der Waals surface area contributed by atoms with Gasteiger partial charge in [-0.2, -0.15) is 0 Å². The molecule has 0 aliphatic rings. The Morgan fingerprint density at radius 3 is 1.05 bits per heavy atom. The van der Waals surface area contributed by atoms with E-state index in [1.165, 1.54) is 0 Å². The summed E-state index contributed by atoms with van der Waals surface area (Å²) in [5, 5.41) is 31.3. The first-order chi connectivity index (χ1) is 18.1. The van der Waals surface area contributed by atoms with Gasteiger partial charge in [-0.3, -0.25) is 15.0 Å². The summed E-state index contributed by atoms with van der Waals surface area (Å²) < 4.78 is 0. The van der Waals surface area contributed by atoms with Gasteiger partial charge in [0.2, 0.25) is 0 Å². The van der Waals surface area contributed by atoms with Gasteiger partial charge in [-0.1, -0.05) is 18.2 Å². The Morgan fingerprint density at radius 1 is 0.432 bits per heavy atom. The molecule has 7 heteroatoms. The van der Waals surface area contributed by atoms with E-state index in [4.69, 9.17) is 0 Å². The number of benzene rings is 3. The third-order valence-electron chi connectivity index (χ3n) is 6.45. The molecule has 3 heterocycles. The summed E-state index contributed by atoms with van der Waals surface area (Å²) in [6.07, 6.45) is 0. The van der Waals surface area contributed by atoms with E-state index >= 15 is 0 Å². The number of hydrogen-bond acceptors (Lipinski definition) is 7. The van der Waals surface area contributed by atoms with Crippen molar-refractivity contribution in [2.75, 3.05) is 4.90 Å². The van der Waals surface area contributed by atoms with E-state index in [9.17, 15) is 15.3 Å². The molecule has 0 radical (unpaired) electrons. The third kappa shape index (κ3) is 4.36. The molecule has 0 saturated heterocycles. The van der Waals surface area contributed by atoms with Crippen molar-refractivity contribution in [1.82, 2.24) is 15.0 Å². The van der Waals surface area contributed by atoms with Gasteiger partial charge >= 0.3 is 0 Å². The number of hydrogen-bond donors (Lipinski definition) is 3. The van der Waals surface area contributed by atoms with E-state index in [0.717, 1.165) is 49.8 Å². The predicted molar refractivity (Wildman–Crippen MR) is 145 cm³/mol. The van der Waals surface area contributed by atoms with Crippen LogP contribution < -0.4 is 4.90 Å². The third-order valence-corrected chi connectivity index (χ3v) is 6.45. The number of fused-ring (bicyclic) bond motifs is 3. The van der Waals surface area contributed by atoms with Gasteiger partial charge in [-0.05, 0) is 72.8 Å². The molecule has 0 saturated carbocycles. The van der Waals surface area contributed by atoms with Crippen molar-refractivity contribution in [3.05, 3.63) is 108 Å². The Hall–Kier alpha value is -4.43. The number of aliphatic hydroxyl groups is 3. The summed E-state index contributed by atoms with van der Waals surface area (Å²) in [5.74, 6) is 0. The van der Waals surface area contributed by atoms with Crippen LogP contribution in [-0.2, 0) is 19.8 Å². The minimum absolute atomic E-state index is 0.101. The van der Waals surface area contributed by atoms with Gasteiger partial charge in [0, 0.05) is 33.2 Å². The Kier molecular flexibility index (Phi) is 5.94. The van der Waals surface area contributed by atoms with Crippen LogP contribution in [0.1, 0.15) is 17.1 Å². The van der Waals surface area contributed by atoms with Crippen molar-refractivity contribution in [1.29, 1.82) is 0 Å². The number of rotatable bonds is 6. The maximum absolute atomic E-state index is 9.47. The van der Waals surface area contributed by atoms with Gasteiger partial charge in [0.25, 0.3) is 0 Å². The summed E-state index contributed by atoms with van der Waals surface area (Å²) in [6.45, 7) is -0.303. The molecule has 3 aromatic heterocycles. The van der Waals surface area contributed by atoms with Crippen LogP contribution in [0.15, 0.2) is 91.0 Å². The molecule has 7 nitrogen and oxygen atoms in total. The second-order valence-corrected chi connectivity index (χ2v) is 8.85. The average molecular weight is 489 g/mol. The second-order valence-electron chi connectivity index (χ2n) is 8.85. The van der Waals surface area contributed by atoms with Crippen LogP contribution in [0, 0.1) is 0 Å². The average Bonchev–Trinajstić information content (AvgIpc) is 2.96. The highest BCUT2D eigenvalue weighted by Gasteiger charge is 2.15. The first-order valence-corrected chi connectivity index (χ1v) is 12.0. The minimum atomic E-state index is -0.101. The molecule has 0 spiro atoms. The van der Waals surface area contributed by atoms with Crippen LogP contribution >= 0.6 is 0 Å². The molecule has 0 amide bonds. The van der Waals surface area contributed by atoms with Gasteiger partial charge < -0.3 is 20.2 Å². The summed E-state index contributed by atoms with van der Waals surface area (Å²) >= 11 is 0. The number of nitrogens with zero attached hydrogens (tertiary/aromatic N) is 4. The van der Waals surface area contributed by atoms with E-state index in [-0.39, 0.29) is 19.8 Å². The van der Waals surface area contributed by atoms with Crippen LogP contribution in [0.3, 0.4) is 0 Å². The minimum Gasteiger partial charge on any atom is -0.390 e. The molecule has 3 aromatic carbocycles. The molecule has 37 heavy (non-hydrogen) atoms. The van der Waals surface area contributed by atoms with Crippen molar-refractivity contribution in [3.63, 3.8) is 0 Å². The molecule has 0 bridgehead atoms. The van der Waals surface area contributed by atoms with Crippen molar-refractivity contribution in [2.45, 2.75) is 19.8 Å². The number of aromatic nitrogens is 3. The molecule has 0 aliphatic carbocycles. The van der Waals surface area contributed by atoms with E-state index in [2.05, 4.69) is 38.1 Å². The van der Waals surface area contributed by atoms with E-state index in [1.807, 2.05) is 72.8 Å². The molecular formula is C30H24N4O3. The van der Waals surface area contributed by atoms with E-state index in [1.54, 1.807) is 0 Å². The first kappa shape index (κ1) is 23.0. The van der Waals surface area contributed by atoms with Crippen molar-refractivity contribution in [3.8, 4) is 0 Å². The molecule has 182 valence electrons. The fraction of sp³-hybridized carbons (Fsp3) is 0.100. The van der Waals surface area contributed by atoms with Crippen LogP contribution in [0.5, 0.6) is 0 Å². The summed E-state index contributed by atoms with van der Waals surface area (Å²) in [4.78, 5) is 15.7. The van der Waals surface area contributed by atoms with E-state index in [0.29, 0.717) is 17.1 Å². The van der Waals surface area contributed by atoms with Gasteiger partial charge in [0.15, 0.2) is 0 Å². The Balaban J connectivity index is 1.53. The number of pyridine rings is 3. The van der Waals surface area contributed by atoms with Crippen LogP contribution in [0.2, 0.25) is 0 Å². The number of anilines is 3. The van der Waals surface area contributed by atoms with Gasteiger partial charge in [-0.25, -0.2) is 0 Å². The molecule has 6 aromatic rings. The van der Waals surface area contributed by atoms with Crippen LogP contribution in [0.25, 0.3) is 32.7 Å². The SMILES string of the molecule is OCc1ccc2cc(N(c3ccc4nc(CO)ccc4c3)c3ccc4nc(CO)ccc4c3)ccc2n1. The second kappa shape index (κ2) is 9.55. The summed E-state index contributed by atoms with van der Waals surface area (Å²) in [5.41, 5.74) is 7.18. The Labute approximate surface area is 212 Å². The highest BCUT2D eigenvalue weighted by atomic mass is 16.3. The maximum atomic E-state index is 9.47. The van der Waals surface area contributed by atoms with Crippen LogP contribution in [0.4, 0.5) is 17.1 Å². The van der Waals surface area contributed by atoms with Gasteiger partial charge in [0.05, 0.1) is 53.5 Å². The summed E-state index contributed by atoms with van der Waals surface area (Å²) in [7, 11) is 0. The van der Waals surface area contributed by atoms with Gasteiger partial charge in [0.1, 0.15) is 0 Å². The molecule has 0 aliphatic heterocycles. The largest absolute Gasteiger partial charge is 0.390 e. The maximum Gasteiger partial charge on any atom is 0.0853 e. The lowest BCUT2D eigenvalue weighted by molar-refractivity contribution is 0.277. The quantitative estimate of drug-likeness (QED) is 0.293. The first-order valence-electron chi connectivity index (χ1n) is 12.0.